The van der Waals surface area contributed by atoms with E-state index in [1.165, 1.54) is 11.5 Å². The van der Waals surface area contributed by atoms with Crippen molar-refractivity contribution >= 4 is 33.5 Å². The number of fused-ring (bicyclic) bond motifs is 1. The second-order valence-corrected chi connectivity index (χ2v) is 7.93. The molecule has 0 saturated carbocycles. The van der Waals surface area contributed by atoms with E-state index in [-0.39, 0.29) is 0 Å². The largest absolute Gasteiger partial charge is 0.497 e. The van der Waals surface area contributed by atoms with Crippen LogP contribution in [-0.4, -0.2) is 60.1 Å². The Hall–Kier alpha value is -1.74. The minimum atomic E-state index is 0.838. The number of hydrogen-bond donors (Lipinski definition) is 1. The number of quaternary nitrogens is 1. The molecule has 0 aliphatic carbocycles. The first-order valence-electron chi connectivity index (χ1n) is 8.64. The highest BCUT2D eigenvalue weighted by Crippen LogP contribution is 2.34. The van der Waals surface area contributed by atoms with Gasteiger partial charge in [0.1, 0.15) is 46.1 Å². The van der Waals surface area contributed by atoms with Gasteiger partial charge >= 0.3 is 0 Å². The van der Waals surface area contributed by atoms with Crippen LogP contribution >= 0.6 is 23.3 Å². The van der Waals surface area contributed by atoms with Crippen LogP contribution in [0.3, 0.4) is 0 Å². The molecule has 2 aromatic heterocycles. The Morgan fingerprint density at radius 1 is 1.19 bits per heavy atom. The summed E-state index contributed by atoms with van der Waals surface area (Å²) in [6.45, 7) is 5.07. The fraction of sp³-hybridized carbons (Fsp3) is 0.389. The molecule has 0 spiro atoms. The smallest absolute Gasteiger partial charge is 0.119 e. The Bertz CT molecular complexity index is 863. The Labute approximate surface area is 160 Å². The standard InChI is InChI=1S/C18H20N4O2S2/c1-23-14-4-2-13(3-5-14)15-16-17(26-21-15)18(20-12-19-16)25-11-8-22-6-9-24-10-7-22/h2-5,12H,6-11H2,1H3/p+1. The molecule has 1 saturated heterocycles. The maximum Gasteiger partial charge on any atom is 0.119 e. The molecule has 0 atom stereocenters. The molecular weight excluding hydrogens is 368 g/mol. The quantitative estimate of drug-likeness (QED) is 0.512. The zero-order valence-electron chi connectivity index (χ0n) is 14.6. The molecular formula is C18H21N4O2S2+. The molecule has 1 fully saturated rings. The van der Waals surface area contributed by atoms with Crippen molar-refractivity contribution in [3.63, 3.8) is 0 Å². The van der Waals surface area contributed by atoms with Crippen LogP contribution in [0.5, 0.6) is 5.75 Å². The molecule has 0 amide bonds. The number of rotatable bonds is 6. The number of hydrogen-bond acceptors (Lipinski definition) is 7. The summed E-state index contributed by atoms with van der Waals surface area (Å²) in [5.41, 5.74) is 2.89. The minimum Gasteiger partial charge on any atom is -0.497 e. The van der Waals surface area contributed by atoms with E-state index >= 15 is 0 Å². The lowest BCUT2D eigenvalue weighted by Crippen LogP contribution is -3.14. The van der Waals surface area contributed by atoms with Crippen molar-refractivity contribution in [2.75, 3.05) is 45.7 Å². The van der Waals surface area contributed by atoms with Gasteiger partial charge < -0.3 is 14.4 Å². The van der Waals surface area contributed by atoms with Crippen LogP contribution in [0.2, 0.25) is 0 Å². The molecule has 1 aliphatic heterocycles. The third-order valence-corrected chi connectivity index (χ3v) is 6.44. The number of nitrogens with zero attached hydrogens (tertiary/aromatic N) is 3. The molecule has 1 N–H and O–H groups in total. The number of benzene rings is 1. The van der Waals surface area contributed by atoms with Gasteiger partial charge in [0.15, 0.2) is 0 Å². The van der Waals surface area contributed by atoms with Crippen molar-refractivity contribution < 1.29 is 14.4 Å². The SMILES string of the molecule is COc1ccc(-c2nsc3c(SCC[NH+]4CCOCC4)ncnc23)cc1. The predicted molar refractivity (Wildman–Crippen MR) is 104 cm³/mol. The second kappa shape index (κ2) is 8.30. The third-order valence-electron chi connectivity index (χ3n) is 4.48. The van der Waals surface area contributed by atoms with E-state index in [2.05, 4.69) is 14.3 Å². The fourth-order valence-electron chi connectivity index (χ4n) is 2.99. The zero-order valence-corrected chi connectivity index (χ0v) is 16.2. The number of morpholine rings is 1. The van der Waals surface area contributed by atoms with Gasteiger partial charge in [-0.25, -0.2) is 9.97 Å². The van der Waals surface area contributed by atoms with E-state index in [1.54, 1.807) is 30.1 Å². The van der Waals surface area contributed by atoms with Gasteiger partial charge in [-0.05, 0) is 35.8 Å². The van der Waals surface area contributed by atoms with Crippen LogP contribution in [0.1, 0.15) is 0 Å². The summed E-state index contributed by atoms with van der Waals surface area (Å²) in [4.78, 5) is 10.6. The van der Waals surface area contributed by atoms with Gasteiger partial charge in [-0.15, -0.1) is 0 Å². The third kappa shape index (κ3) is 3.83. The van der Waals surface area contributed by atoms with Crippen LogP contribution in [0, 0.1) is 0 Å². The number of thioether (sulfide) groups is 1. The maximum atomic E-state index is 5.42. The van der Waals surface area contributed by atoms with E-state index in [0.717, 1.165) is 70.9 Å². The molecule has 26 heavy (non-hydrogen) atoms. The summed E-state index contributed by atoms with van der Waals surface area (Å²) in [5.74, 6) is 1.88. The Morgan fingerprint density at radius 3 is 2.77 bits per heavy atom. The second-order valence-electron chi connectivity index (χ2n) is 6.08. The number of nitrogens with one attached hydrogen (secondary N) is 1. The topological polar surface area (TPSA) is 61.6 Å². The van der Waals surface area contributed by atoms with Crippen LogP contribution in [0.15, 0.2) is 35.6 Å². The summed E-state index contributed by atoms with van der Waals surface area (Å²) < 4.78 is 16.4. The van der Waals surface area contributed by atoms with Gasteiger partial charge in [-0.3, -0.25) is 0 Å². The molecule has 3 aromatic rings. The van der Waals surface area contributed by atoms with E-state index in [0.29, 0.717) is 0 Å². The van der Waals surface area contributed by atoms with Crippen molar-refractivity contribution in [2.45, 2.75) is 5.03 Å². The molecule has 1 aromatic carbocycles. The molecule has 1 aliphatic rings. The predicted octanol–water partition coefficient (Wildman–Crippen LogP) is 1.77. The van der Waals surface area contributed by atoms with Gasteiger partial charge in [0.2, 0.25) is 0 Å². The highest BCUT2D eigenvalue weighted by molar-refractivity contribution is 7.99. The molecule has 0 radical (unpaired) electrons. The van der Waals surface area contributed by atoms with Gasteiger partial charge in [-0.1, -0.05) is 11.8 Å². The van der Waals surface area contributed by atoms with E-state index < -0.39 is 0 Å². The van der Waals surface area contributed by atoms with Crippen LogP contribution in [-0.2, 0) is 4.74 Å². The Kier molecular flexibility index (Phi) is 5.64. The Balaban J connectivity index is 1.50. The number of ether oxygens (including phenoxy) is 2. The number of aromatic nitrogens is 3. The van der Waals surface area contributed by atoms with E-state index in [9.17, 15) is 0 Å². The summed E-state index contributed by atoms with van der Waals surface area (Å²) in [6.07, 6.45) is 1.65. The summed E-state index contributed by atoms with van der Waals surface area (Å²) in [6, 6.07) is 7.93. The summed E-state index contributed by atoms with van der Waals surface area (Å²) in [7, 11) is 1.67. The molecule has 136 valence electrons. The molecule has 3 heterocycles. The molecule has 4 rings (SSSR count). The van der Waals surface area contributed by atoms with Crippen molar-refractivity contribution in [1.82, 2.24) is 14.3 Å². The van der Waals surface area contributed by atoms with E-state index in [1.807, 2.05) is 24.3 Å². The lowest BCUT2D eigenvalue weighted by atomic mass is 10.1. The lowest BCUT2D eigenvalue weighted by molar-refractivity contribution is -0.905. The zero-order chi connectivity index (χ0) is 17.8. The normalized spacial score (nSPS) is 15.4. The first-order valence-corrected chi connectivity index (χ1v) is 10.4. The number of methoxy groups -OCH3 is 1. The van der Waals surface area contributed by atoms with Crippen LogP contribution < -0.4 is 9.64 Å². The summed E-state index contributed by atoms with van der Waals surface area (Å²) >= 11 is 3.27. The maximum absolute atomic E-state index is 5.42. The molecule has 0 bridgehead atoms. The molecule has 0 unspecified atom stereocenters. The summed E-state index contributed by atoms with van der Waals surface area (Å²) in [5, 5.41) is 1.03. The van der Waals surface area contributed by atoms with Crippen molar-refractivity contribution in [3.8, 4) is 17.0 Å². The molecule has 6 nitrogen and oxygen atoms in total. The van der Waals surface area contributed by atoms with E-state index in [4.69, 9.17) is 9.47 Å². The first-order chi connectivity index (χ1) is 12.8. The highest BCUT2D eigenvalue weighted by atomic mass is 32.2. The van der Waals surface area contributed by atoms with Gasteiger partial charge in [0, 0.05) is 11.3 Å². The van der Waals surface area contributed by atoms with Gasteiger partial charge in [-0.2, -0.15) is 4.37 Å². The van der Waals surface area contributed by atoms with Gasteiger partial charge in [0.25, 0.3) is 0 Å². The van der Waals surface area contributed by atoms with Crippen molar-refractivity contribution in [2.24, 2.45) is 0 Å². The average Bonchev–Trinajstić information content (AvgIpc) is 3.14. The van der Waals surface area contributed by atoms with Crippen LogP contribution in [0.25, 0.3) is 21.5 Å². The molecule has 8 heteroatoms. The van der Waals surface area contributed by atoms with Crippen LogP contribution in [0.4, 0.5) is 0 Å². The monoisotopic (exact) mass is 389 g/mol. The fourth-order valence-corrected chi connectivity index (χ4v) is 4.95. The highest BCUT2D eigenvalue weighted by Gasteiger charge is 2.16. The van der Waals surface area contributed by atoms with Crippen molar-refractivity contribution in [1.29, 1.82) is 0 Å². The van der Waals surface area contributed by atoms with Gasteiger partial charge in [0.05, 0.1) is 26.9 Å². The average molecular weight is 390 g/mol. The lowest BCUT2D eigenvalue weighted by Gasteiger charge is -2.23. The minimum absolute atomic E-state index is 0.838. The Morgan fingerprint density at radius 2 is 2.00 bits per heavy atom. The van der Waals surface area contributed by atoms with Crippen molar-refractivity contribution in [3.05, 3.63) is 30.6 Å². The first kappa shape index (κ1) is 17.7.